The van der Waals surface area contributed by atoms with Gasteiger partial charge in [-0.2, -0.15) is 0 Å². The summed E-state index contributed by atoms with van der Waals surface area (Å²) in [5.41, 5.74) is 2.50. The van der Waals surface area contributed by atoms with E-state index in [0.717, 1.165) is 37.7 Å². The van der Waals surface area contributed by atoms with E-state index in [1.807, 2.05) is 6.07 Å². The highest BCUT2D eigenvalue weighted by Gasteiger charge is 2.18. The molecule has 20 heavy (non-hydrogen) atoms. The van der Waals surface area contributed by atoms with E-state index < -0.39 is 0 Å². The Morgan fingerprint density at radius 3 is 3.00 bits per heavy atom. The SMILES string of the molecule is CCCNCc1cc(Cl)ccc1N(C)CC1CCCO1. The Morgan fingerprint density at radius 1 is 1.45 bits per heavy atom. The van der Waals surface area contributed by atoms with Gasteiger partial charge < -0.3 is 15.0 Å². The van der Waals surface area contributed by atoms with Gasteiger partial charge in [0, 0.05) is 37.5 Å². The van der Waals surface area contributed by atoms with Crippen molar-refractivity contribution in [2.24, 2.45) is 0 Å². The van der Waals surface area contributed by atoms with Gasteiger partial charge in [-0.1, -0.05) is 18.5 Å². The first-order chi connectivity index (χ1) is 9.70. The second-order valence-corrected chi connectivity index (χ2v) is 5.90. The molecule has 2 rings (SSSR count). The molecule has 0 radical (unpaired) electrons. The lowest BCUT2D eigenvalue weighted by molar-refractivity contribution is 0.116. The number of nitrogens with one attached hydrogen (secondary N) is 1. The lowest BCUT2D eigenvalue weighted by atomic mass is 10.1. The van der Waals surface area contributed by atoms with Crippen LogP contribution in [0.2, 0.25) is 5.02 Å². The Labute approximate surface area is 127 Å². The fraction of sp³-hybridized carbons (Fsp3) is 0.625. The van der Waals surface area contributed by atoms with E-state index in [1.165, 1.54) is 24.1 Å². The van der Waals surface area contributed by atoms with E-state index in [4.69, 9.17) is 16.3 Å². The van der Waals surface area contributed by atoms with E-state index in [-0.39, 0.29) is 0 Å². The number of hydrogen-bond acceptors (Lipinski definition) is 3. The number of rotatable bonds is 7. The Bertz CT molecular complexity index is 419. The van der Waals surface area contributed by atoms with Gasteiger partial charge in [0.25, 0.3) is 0 Å². The van der Waals surface area contributed by atoms with Crippen molar-refractivity contribution in [3.63, 3.8) is 0 Å². The van der Waals surface area contributed by atoms with Gasteiger partial charge in [0.2, 0.25) is 0 Å². The number of halogens is 1. The highest BCUT2D eigenvalue weighted by molar-refractivity contribution is 6.30. The van der Waals surface area contributed by atoms with Crippen molar-refractivity contribution in [1.29, 1.82) is 0 Å². The number of ether oxygens (including phenoxy) is 1. The molecule has 0 aliphatic carbocycles. The van der Waals surface area contributed by atoms with Crippen molar-refractivity contribution >= 4 is 17.3 Å². The molecule has 4 heteroatoms. The van der Waals surface area contributed by atoms with Gasteiger partial charge in [-0.15, -0.1) is 0 Å². The van der Waals surface area contributed by atoms with E-state index in [0.29, 0.717) is 6.10 Å². The minimum Gasteiger partial charge on any atom is -0.376 e. The largest absolute Gasteiger partial charge is 0.376 e. The summed E-state index contributed by atoms with van der Waals surface area (Å²) in [4.78, 5) is 2.29. The minimum absolute atomic E-state index is 0.368. The van der Waals surface area contributed by atoms with Crippen LogP contribution < -0.4 is 10.2 Å². The fourth-order valence-electron chi connectivity index (χ4n) is 2.66. The van der Waals surface area contributed by atoms with Gasteiger partial charge in [-0.05, 0) is 49.6 Å². The summed E-state index contributed by atoms with van der Waals surface area (Å²) >= 11 is 6.13. The van der Waals surface area contributed by atoms with Crippen LogP contribution in [0.3, 0.4) is 0 Å². The Kier molecular flexibility index (Phi) is 6.14. The molecule has 1 aromatic rings. The second kappa shape index (κ2) is 7.87. The van der Waals surface area contributed by atoms with Gasteiger partial charge in [0.05, 0.1) is 6.10 Å². The van der Waals surface area contributed by atoms with Crippen molar-refractivity contribution in [2.75, 3.05) is 31.6 Å². The monoisotopic (exact) mass is 296 g/mol. The molecule has 1 heterocycles. The summed E-state index contributed by atoms with van der Waals surface area (Å²) in [6.07, 6.45) is 3.86. The van der Waals surface area contributed by atoms with E-state index >= 15 is 0 Å². The molecule has 1 aliphatic rings. The third-order valence-electron chi connectivity index (χ3n) is 3.70. The first-order valence-corrected chi connectivity index (χ1v) is 7.90. The number of nitrogens with zero attached hydrogens (tertiary/aromatic N) is 1. The average molecular weight is 297 g/mol. The average Bonchev–Trinajstić information content (AvgIpc) is 2.92. The van der Waals surface area contributed by atoms with Gasteiger partial charge in [0.1, 0.15) is 0 Å². The minimum atomic E-state index is 0.368. The summed E-state index contributed by atoms with van der Waals surface area (Å²) in [6, 6.07) is 6.14. The van der Waals surface area contributed by atoms with Crippen molar-refractivity contribution in [1.82, 2.24) is 5.32 Å². The van der Waals surface area contributed by atoms with E-state index in [9.17, 15) is 0 Å². The molecule has 0 saturated carbocycles. The number of likely N-dealkylation sites (N-methyl/N-ethyl adjacent to an activating group) is 1. The normalized spacial score (nSPS) is 18.4. The van der Waals surface area contributed by atoms with Gasteiger partial charge >= 0.3 is 0 Å². The van der Waals surface area contributed by atoms with Crippen LogP contribution in [0.1, 0.15) is 31.7 Å². The standard InChI is InChI=1S/C16H25ClN2O/c1-3-8-18-11-13-10-14(17)6-7-16(13)19(2)12-15-5-4-9-20-15/h6-7,10,15,18H,3-5,8-9,11-12H2,1-2H3. The third kappa shape index (κ3) is 4.37. The molecule has 3 nitrogen and oxygen atoms in total. The van der Waals surface area contributed by atoms with Gasteiger partial charge in [-0.25, -0.2) is 0 Å². The first-order valence-electron chi connectivity index (χ1n) is 7.52. The molecule has 1 N–H and O–H groups in total. The van der Waals surface area contributed by atoms with E-state index in [1.54, 1.807) is 0 Å². The predicted octanol–water partition coefficient (Wildman–Crippen LogP) is 3.45. The maximum absolute atomic E-state index is 6.13. The number of anilines is 1. The van der Waals surface area contributed by atoms with Crippen LogP contribution in [-0.4, -0.2) is 32.8 Å². The highest BCUT2D eigenvalue weighted by atomic mass is 35.5. The molecule has 1 saturated heterocycles. The Morgan fingerprint density at radius 2 is 2.30 bits per heavy atom. The maximum atomic E-state index is 6.13. The Balaban J connectivity index is 2.03. The van der Waals surface area contributed by atoms with Crippen LogP contribution >= 0.6 is 11.6 Å². The van der Waals surface area contributed by atoms with Crippen molar-refractivity contribution in [3.05, 3.63) is 28.8 Å². The van der Waals surface area contributed by atoms with Crippen LogP contribution in [0, 0.1) is 0 Å². The topological polar surface area (TPSA) is 24.5 Å². The van der Waals surface area contributed by atoms with Crippen LogP contribution in [0.25, 0.3) is 0 Å². The fourth-order valence-corrected chi connectivity index (χ4v) is 2.85. The molecular weight excluding hydrogens is 272 g/mol. The number of hydrogen-bond donors (Lipinski definition) is 1. The summed E-state index contributed by atoms with van der Waals surface area (Å²) in [5, 5.41) is 4.25. The van der Waals surface area contributed by atoms with E-state index in [2.05, 4.69) is 36.3 Å². The molecule has 1 unspecified atom stereocenters. The summed E-state index contributed by atoms with van der Waals surface area (Å²) in [6.45, 7) is 5.92. The third-order valence-corrected chi connectivity index (χ3v) is 3.93. The van der Waals surface area contributed by atoms with Gasteiger partial charge in [-0.3, -0.25) is 0 Å². The van der Waals surface area contributed by atoms with Crippen LogP contribution in [-0.2, 0) is 11.3 Å². The maximum Gasteiger partial charge on any atom is 0.0750 e. The molecule has 112 valence electrons. The zero-order valence-electron chi connectivity index (χ0n) is 12.5. The molecule has 1 fully saturated rings. The zero-order chi connectivity index (χ0) is 14.4. The highest BCUT2D eigenvalue weighted by Crippen LogP contribution is 2.25. The molecule has 0 aromatic heterocycles. The van der Waals surface area contributed by atoms with Gasteiger partial charge in [0.15, 0.2) is 0 Å². The molecule has 0 spiro atoms. The van der Waals surface area contributed by atoms with Crippen LogP contribution in [0.15, 0.2) is 18.2 Å². The molecule has 1 aliphatic heterocycles. The smallest absolute Gasteiger partial charge is 0.0750 e. The summed E-state index contributed by atoms with van der Waals surface area (Å²) in [5.74, 6) is 0. The summed E-state index contributed by atoms with van der Waals surface area (Å²) < 4.78 is 5.72. The molecular formula is C16H25ClN2O. The molecule has 0 bridgehead atoms. The van der Waals surface area contributed by atoms with Crippen molar-refractivity contribution < 1.29 is 4.74 Å². The Hall–Kier alpha value is -0.770. The van der Waals surface area contributed by atoms with Crippen molar-refractivity contribution in [2.45, 2.75) is 38.8 Å². The molecule has 1 aromatic carbocycles. The van der Waals surface area contributed by atoms with Crippen LogP contribution in [0.5, 0.6) is 0 Å². The van der Waals surface area contributed by atoms with Crippen LogP contribution in [0.4, 0.5) is 5.69 Å². The molecule has 0 amide bonds. The lowest BCUT2D eigenvalue weighted by Gasteiger charge is -2.25. The quantitative estimate of drug-likeness (QED) is 0.780. The molecule has 1 atom stereocenters. The second-order valence-electron chi connectivity index (χ2n) is 5.47. The zero-order valence-corrected chi connectivity index (χ0v) is 13.2. The summed E-state index contributed by atoms with van der Waals surface area (Å²) in [7, 11) is 2.13. The lowest BCUT2D eigenvalue weighted by Crippen LogP contribution is -2.29. The predicted molar refractivity (Wildman–Crippen MR) is 85.7 cm³/mol. The first kappa shape index (κ1) is 15.6. The number of benzene rings is 1. The van der Waals surface area contributed by atoms with Crippen molar-refractivity contribution in [3.8, 4) is 0 Å².